The molecule has 0 aliphatic carbocycles. The van der Waals surface area contributed by atoms with E-state index in [0.717, 1.165) is 45.1 Å². The van der Waals surface area contributed by atoms with E-state index in [1.807, 2.05) is 48.5 Å². The van der Waals surface area contributed by atoms with Crippen LogP contribution in [-0.4, -0.2) is 22.6 Å². The molecular formula is C26H24N2O2S. The van der Waals surface area contributed by atoms with Gasteiger partial charge >= 0.3 is 5.97 Å². The molecule has 5 heteroatoms. The number of para-hydroxylation sites is 1. The Labute approximate surface area is 186 Å². The molecule has 0 radical (unpaired) electrons. The topological polar surface area (TPSA) is 53.4 Å². The summed E-state index contributed by atoms with van der Waals surface area (Å²) in [7, 11) is 0. The van der Waals surface area contributed by atoms with E-state index in [9.17, 15) is 9.90 Å². The maximum Gasteiger partial charge on any atom is 0.307 e. The van der Waals surface area contributed by atoms with Crippen molar-refractivity contribution < 1.29 is 9.90 Å². The van der Waals surface area contributed by atoms with Gasteiger partial charge in [-0.3, -0.25) is 4.79 Å². The van der Waals surface area contributed by atoms with Crippen molar-refractivity contribution in [3.63, 3.8) is 0 Å². The fraction of sp³-hybridized carbons (Fsp3) is 0.154. The second-order valence-corrected chi connectivity index (χ2v) is 8.35. The van der Waals surface area contributed by atoms with E-state index in [-0.39, 0.29) is 6.42 Å². The lowest BCUT2D eigenvalue weighted by Crippen LogP contribution is -2.21. The summed E-state index contributed by atoms with van der Waals surface area (Å²) in [5.41, 5.74) is 5.00. The molecule has 0 aliphatic heterocycles. The summed E-state index contributed by atoms with van der Waals surface area (Å²) < 4.78 is 1.06. The van der Waals surface area contributed by atoms with Crippen molar-refractivity contribution in [1.29, 1.82) is 0 Å². The number of carbonyl (C=O) groups is 1. The Kier molecular flexibility index (Phi) is 6.43. The molecule has 0 aliphatic rings. The van der Waals surface area contributed by atoms with Crippen LogP contribution < -0.4 is 4.90 Å². The molecule has 4 aromatic rings. The fourth-order valence-corrected chi connectivity index (χ4v) is 4.51. The Morgan fingerprint density at radius 2 is 1.71 bits per heavy atom. The third-order valence-corrected chi connectivity index (χ3v) is 6.22. The zero-order valence-electron chi connectivity index (χ0n) is 17.4. The molecule has 1 heterocycles. The van der Waals surface area contributed by atoms with E-state index in [4.69, 9.17) is 0 Å². The Morgan fingerprint density at radius 1 is 1.00 bits per heavy atom. The zero-order valence-corrected chi connectivity index (χ0v) is 18.2. The largest absolute Gasteiger partial charge is 0.481 e. The quantitative estimate of drug-likeness (QED) is 0.356. The molecule has 156 valence electrons. The average Bonchev–Trinajstić information content (AvgIpc) is 3.22. The molecule has 0 fully saturated rings. The number of hydrogen-bond donors (Lipinski definition) is 1. The SMILES string of the molecule is CCN(Cc1ccccc1)c1ccc(/C=C(\CC(=O)O)c2nc3ccccc3s2)cc1. The molecule has 0 atom stereocenters. The first kappa shape index (κ1) is 20.8. The second-order valence-electron chi connectivity index (χ2n) is 7.32. The van der Waals surface area contributed by atoms with Crippen molar-refractivity contribution in [2.24, 2.45) is 0 Å². The van der Waals surface area contributed by atoms with Crippen molar-refractivity contribution >= 4 is 44.9 Å². The van der Waals surface area contributed by atoms with Gasteiger partial charge in [-0.25, -0.2) is 4.98 Å². The molecule has 3 aromatic carbocycles. The van der Waals surface area contributed by atoms with Crippen LogP contribution in [-0.2, 0) is 11.3 Å². The van der Waals surface area contributed by atoms with Crippen LogP contribution in [0.5, 0.6) is 0 Å². The van der Waals surface area contributed by atoms with Gasteiger partial charge in [-0.1, -0.05) is 54.6 Å². The number of carboxylic acids is 1. The van der Waals surface area contributed by atoms with Gasteiger partial charge in [-0.15, -0.1) is 11.3 Å². The standard InChI is InChI=1S/C26H24N2O2S/c1-2-28(18-20-8-4-3-5-9-20)22-14-12-19(13-15-22)16-21(17-25(29)30)26-27-23-10-6-7-11-24(23)31-26/h3-16H,2,17-18H2,1H3,(H,29,30)/b21-16+. The highest BCUT2D eigenvalue weighted by Crippen LogP contribution is 2.30. The minimum Gasteiger partial charge on any atom is -0.481 e. The van der Waals surface area contributed by atoms with Crippen molar-refractivity contribution in [2.45, 2.75) is 19.9 Å². The van der Waals surface area contributed by atoms with E-state index >= 15 is 0 Å². The Balaban J connectivity index is 1.59. The van der Waals surface area contributed by atoms with Crippen LogP contribution in [0.4, 0.5) is 5.69 Å². The number of anilines is 1. The molecule has 1 aromatic heterocycles. The number of fused-ring (bicyclic) bond motifs is 1. The summed E-state index contributed by atoms with van der Waals surface area (Å²) in [6.07, 6.45) is 1.87. The lowest BCUT2D eigenvalue weighted by molar-refractivity contribution is -0.135. The summed E-state index contributed by atoms with van der Waals surface area (Å²) in [5, 5.41) is 10.2. The minimum atomic E-state index is -0.859. The monoisotopic (exact) mass is 428 g/mol. The van der Waals surface area contributed by atoms with Crippen molar-refractivity contribution in [1.82, 2.24) is 4.98 Å². The predicted octanol–water partition coefficient (Wildman–Crippen LogP) is 6.34. The number of aromatic nitrogens is 1. The van der Waals surface area contributed by atoms with Crippen LogP contribution in [0.15, 0.2) is 78.9 Å². The molecule has 0 amide bonds. The smallest absolute Gasteiger partial charge is 0.307 e. The van der Waals surface area contributed by atoms with Gasteiger partial charge in [0, 0.05) is 18.8 Å². The third kappa shape index (κ3) is 5.19. The summed E-state index contributed by atoms with van der Waals surface area (Å²) >= 11 is 1.53. The highest BCUT2D eigenvalue weighted by Gasteiger charge is 2.13. The minimum absolute atomic E-state index is 0.0589. The highest BCUT2D eigenvalue weighted by atomic mass is 32.1. The molecule has 0 saturated carbocycles. The number of hydrogen-bond acceptors (Lipinski definition) is 4. The molecule has 0 unspecified atom stereocenters. The van der Waals surface area contributed by atoms with Crippen LogP contribution in [0, 0.1) is 0 Å². The third-order valence-electron chi connectivity index (χ3n) is 5.11. The van der Waals surface area contributed by atoms with Crippen LogP contribution in [0.3, 0.4) is 0 Å². The molecule has 0 saturated heterocycles. The number of nitrogens with zero attached hydrogens (tertiary/aromatic N) is 2. The summed E-state index contributed by atoms with van der Waals surface area (Å²) in [6, 6.07) is 26.6. The maximum absolute atomic E-state index is 11.5. The highest BCUT2D eigenvalue weighted by molar-refractivity contribution is 7.19. The van der Waals surface area contributed by atoms with E-state index < -0.39 is 5.97 Å². The first-order chi connectivity index (χ1) is 15.1. The number of aliphatic carboxylic acids is 1. The number of rotatable bonds is 8. The van der Waals surface area contributed by atoms with Crippen LogP contribution in [0.25, 0.3) is 21.9 Å². The van der Waals surface area contributed by atoms with Crippen LogP contribution in [0.2, 0.25) is 0 Å². The van der Waals surface area contributed by atoms with Gasteiger partial charge in [0.2, 0.25) is 0 Å². The van der Waals surface area contributed by atoms with E-state index in [2.05, 4.69) is 53.2 Å². The number of benzene rings is 3. The van der Waals surface area contributed by atoms with E-state index in [0.29, 0.717) is 0 Å². The molecule has 4 nitrogen and oxygen atoms in total. The van der Waals surface area contributed by atoms with Gasteiger partial charge in [0.25, 0.3) is 0 Å². The van der Waals surface area contributed by atoms with Gasteiger partial charge in [0.05, 0.1) is 16.6 Å². The van der Waals surface area contributed by atoms with Crippen LogP contribution in [0.1, 0.15) is 29.5 Å². The van der Waals surface area contributed by atoms with E-state index in [1.54, 1.807) is 0 Å². The van der Waals surface area contributed by atoms with Gasteiger partial charge < -0.3 is 10.0 Å². The molecule has 31 heavy (non-hydrogen) atoms. The molecular weight excluding hydrogens is 404 g/mol. The van der Waals surface area contributed by atoms with Gasteiger partial charge in [-0.05, 0) is 54.0 Å². The summed E-state index contributed by atoms with van der Waals surface area (Å²) in [4.78, 5) is 18.4. The Hall–Kier alpha value is -3.44. The first-order valence-corrected chi connectivity index (χ1v) is 11.1. The predicted molar refractivity (Wildman–Crippen MR) is 129 cm³/mol. The average molecular weight is 429 g/mol. The Morgan fingerprint density at radius 3 is 2.39 bits per heavy atom. The van der Waals surface area contributed by atoms with Crippen molar-refractivity contribution in [2.75, 3.05) is 11.4 Å². The van der Waals surface area contributed by atoms with Crippen molar-refractivity contribution in [3.05, 3.63) is 95.0 Å². The molecule has 0 spiro atoms. The van der Waals surface area contributed by atoms with Crippen molar-refractivity contribution in [3.8, 4) is 0 Å². The number of carboxylic acid groups (broad SMARTS) is 1. The Bertz CT molecular complexity index is 1160. The molecule has 1 N–H and O–H groups in total. The van der Waals surface area contributed by atoms with Gasteiger partial charge in [0.1, 0.15) is 5.01 Å². The fourth-order valence-electron chi connectivity index (χ4n) is 3.53. The maximum atomic E-state index is 11.5. The normalized spacial score (nSPS) is 11.6. The molecule has 0 bridgehead atoms. The lowest BCUT2D eigenvalue weighted by atomic mass is 10.1. The zero-order chi connectivity index (χ0) is 21.6. The molecule has 4 rings (SSSR count). The van der Waals surface area contributed by atoms with Crippen LogP contribution >= 0.6 is 11.3 Å². The summed E-state index contributed by atoms with van der Waals surface area (Å²) in [6.45, 7) is 3.90. The van der Waals surface area contributed by atoms with Gasteiger partial charge in [-0.2, -0.15) is 0 Å². The lowest BCUT2D eigenvalue weighted by Gasteiger charge is -2.23. The number of thiazole rings is 1. The second kappa shape index (κ2) is 9.58. The van der Waals surface area contributed by atoms with Gasteiger partial charge in [0.15, 0.2) is 0 Å². The van der Waals surface area contributed by atoms with E-state index in [1.165, 1.54) is 16.9 Å². The first-order valence-electron chi connectivity index (χ1n) is 10.3. The summed E-state index contributed by atoms with van der Waals surface area (Å²) in [5.74, 6) is -0.859.